The number of hydrogen-bond donors (Lipinski definition) is 3. The quantitative estimate of drug-likeness (QED) is 0.154. The Kier molecular flexibility index (Phi) is 9.58. The maximum absolute atomic E-state index is 15.3. The lowest BCUT2D eigenvalue weighted by Crippen LogP contribution is -2.47. The highest BCUT2D eigenvalue weighted by Gasteiger charge is 2.22. The number of nitrogen functional groups attached to an aromatic ring is 1. The smallest absolute Gasteiger partial charge is 0.341 e. The lowest BCUT2D eigenvalue weighted by atomic mass is 10.1. The van der Waals surface area contributed by atoms with E-state index in [1.54, 1.807) is 17.0 Å². The first-order chi connectivity index (χ1) is 23.2. The van der Waals surface area contributed by atoms with E-state index in [2.05, 4.69) is 46.2 Å². The maximum atomic E-state index is 15.3. The van der Waals surface area contributed by atoms with Crippen LogP contribution in [0.15, 0.2) is 47.7 Å². The zero-order valence-corrected chi connectivity index (χ0v) is 27.7. The van der Waals surface area contributed by atoms with E-state index in [1.807, 2.05) is 22.5 Å². The molecular weight excluding hydrogens is 613 g/mol. The number of halogens is 1. The van der Waals surface area contributed by atoms with E-state index in [0.29, 0.717) is 53.8 Å². The molecule has 4 heterocycles. The number of piperazine rings is 1. The van der Waals surface area contributed by atoms with Crippen molar-refractivity contribution in [3.8, 4) is 0 Å². The largest absolute Gasteiger partial charge is 0.477 e. The summed E-state index contributed by atoms with van der Waals surface area (Å²) in [6.07, 6.45) is 7.08. The van der Waals surface area contributed by atoms with Crippen LogP contribution in [0.5, 0.6) is 0 Å². The van der Waals surface area contributed by atoms with Crippen LogP contribution < -0.4 is 21.4 Å². The van der Waals surface area contributed by atoms with E-state index in [4.69, 9.17) is 10.7 Å². The van der Waals surface area contributed by atoms with Gasteiger partial charge >= 0.3 is 5.97 Å². The Hall–Kier alpha value is -5.04. The van der Waals surface area contributed by atoms with Crippen LogP contribution in [0, 0.1) is 12.7 Å². The van der Waals surface area contributed by atoms with Crippen molar-refractivity contribution in [1.29, 1.82) is 0 Å². The second-order valence-electron chi connectivity index (χ2n) is 12.3. The Balaban J connectivity index is 1.02. The van der Waals surface area contributed by atoms with Crippen molar-refractivity contribution in [3.05, 3.63) is 75.6 Å². The average molecular weight is 656 g/mol. The monoisotopic (exact) mass is 655 g/mol. The summed E-state index contributed by atoms with van der Waals surface area (Å²) in [5, 5.41) is 12.8. The Bertz CT molecular complexity index is 2030. The van der Waals surface area contributed by atoms with Crippen LogP contribution in [0.25, 0.3) is 22.1 Å². The number of carbonyl (C=O) groups is 1. The molecule has 0 bridgehead atoms. The molecule has 48 heavy (non-hydrogen) atoms. The fourth-order valence-corrected chi connectivity index (χ4v) is 6.51. The number of hydrogen-bond acceptors (Lipinski definition) is 9. The topological polar surface area (TPSA) is 147 Å². The number of nitrogens with two attached hydrogens (primary N) is 1. The molecule has 0 saturated carbocycles. The van der Waals surface area contributed by atoms with Crippen molar-refractivity contribution >= 4 is 51.2 Å². The van der Waals surface area contributed by atoms with Gasteiger partial charge in [-0.25, -0.2) is 14.2 Å². The highest BCUT2D eigenvalue weighted by molar-refractivity contribution is 5.93. The van der Waals surface area contributed by atoms with Crippen LogP contribution in [-0.4, -0.2) is 72.8 Å². The molecule has 0 atom stereocenters. The number of imidazole rings is 1. The number of fused-ring (bicyclic) bond motifs is 2. The number of benzene rings is 2. The minimum atomic E-state index is -1.31. The highest BCUT2D eigenvalue weighted by Crippen LogP contribution is 2.27. The summed E-state index contributed by atoms with van der Waals surface area (Å²) in [6.45, 7) is 11.2. The minimum Gasteiger partial charge on any atom is -0.477 e. The molecule has 2 aromatic carbocycles. The van der Waals surface area contributed by atoms with Gasteiger partial charge in [0.25, 0.3) is 0 Å². The Morgan fingerprint density at radius 2 is 1.79 bits per heavy atom. The number of carboxylic acids is 1. The van der Waals surface area contributed by atoms with Gasteiger partial charge in [-0.05, 0) is 75.0 Å². The summed E-state index contributed by atoms with van der Waals surface area (Å²) in [5.41, 5.74) is 11.0. The van der Waals surface area contributed by atoms with Crippen molar-refractivity contribution in [2.45, 2.75) is 59.5 Å². The first-order valence-electron chi connectivity index (χ1n) is 16.6. The van der Waals surface area contributed by atoms with Gasteiger partial charge in [-0.1, -0.05) is 19.4 Å². The van der Waals surface area contributed by atoms with Crippen molar-refractivity contribution < 1.29 is 14.3 Å². The molecule has 0 aliphatic carbocycles. The van der Waals surface area contributed by atoms with Gasteiger partial charge in [0, 0.05) is 56.5 Å². The summed E-state index contributed by atoms with van der Waals surface area (Å²) in [7, 11) is 0. The number of unbranched alkanes of at least 4 members (excludes halogenated alkanes) is 2. The number of nitrogens with one attached hydrogen (secondary N) is 1. The van der Waals surface area contributed by atoms with Crippen molar-refractivity contribution in [2.24, 2.45) is 0 Å². The molecule has 0 unspecified atom stereocenters. The molecule has 252 valence electrons. The molecular formula is C35H42FN9O3. The SMILES string of the molecule is CCc1cc(Nc2nc(N)c3ncn(CCCCCN4CCN(c5cc6c(cc5F)c(=O)c(C(=O)O)cn6CC)CC4)c3n2)ccc1C. The fourth-order valence-electron chi connectivity index (χ4n) is 6.51. The molecule has 5 aromatic rings. The zero-order valence-electron chi connectivity index (χ0n) is 27.7. The van der Waals surface area contributed by atoms with Gasteiger partial charge in [0.1, 0.15) is 16.9 Å². The third-order valence-corrected chi connectivity index (χ3v) is 9.28. The average Bonchev–Trinajstić information content (AvgIpc) is 3.49. The Labute approximate surface area is 278 Å². The van der Waals surface area contributed by atoms with Gasteiger partial charge in [0.2, 0.25) is 11.4 Å². The second-order valence-corrected chi connectivity index (χ2v) is 12.3. The van der Waals surface area contributed by atoms with E-state index < -0.39 is 17.2 Å². The van der Waals surface area contributed by atoms with Crippen LogP contribution in [0.1, 0.15) is 54.6 Å². The molecule has 0 spiro atoms. The predicted molar refractivity (Wildman–Crippen MR) is 187 cm³/mol. The third-order valence-electron chi connectivity index (χ3n) is 9.28. The number of rotatable bonds is 12. The van der Waals surface area contributed by atoms with Gasteiger partial charge in [0.15, 0.2) is 11.5 Å². The zero-order chi connectivity index (χ0) is 33.9. The molecule has 0 amide bonds. The van der Waals surface area contributed by atoms with Gasteiger partial charge in [-0.15, -0.1) is 0 Å². The number of pyridine rings is 1. The fraction of sp³-hybridized carbons (Fsp3) is 0.400. The Morgan fingerprint density at radius 3 is 2.52 bits per heavy atom. The van der Waals surface area contributed by atoms with Gasteiger partial charge in [-0.3, -0.25) is 9.69 Å². The van der Waals surface area contributed by atoms with Crippen LogP contribution in [0.2, 0.25) is 0 Å². The van der Waals surface area contributed by atoms with E-state index in [9.17, 15) is 14.7 Å². The Morgan fingerprint density at radius 1 is 1.02 bits per heavy atom. The van der Waals surface area contributed by atoms with Crippen molar-refractivity contribution in [3.63, 3.8) is 0 Å². The third kappa shape index (κ3) is 6.68. The first kappa shape index (κ1) is 32.9. The van der Waals surface area contributed by atoms with Crippen LogP contribution >= 0.6 is 0 Å². The maximum Gasteiger partial charge on any atom is 0.341 e. The molecule has 1 aliphatic heterocycles. The lowest BCUT2D eigenvalue weighted by Gasteiger charge is -2.36. The van der Waals surface area contributed by atoms with Crippen molar-refractivity contribution in [2.75, 3.05) is 48.7 Å². The molecule has 1 aliphatic rings. The van der Waals surface area contributed by atoms with E-state index in [1.165, 1.54) is 23.4 Å². The predicted octanol–water partition coefficient (Wildman–Crippen LogP) is 5.19. The number of aromatic nitrogens is 5. The number of anilines is 4. The van der Waals surface area contributed by atoms with Gasteiger partial charge in [-0.2, -0.15) is 9.97 Å². The molecule has 12 nitrogen and oxygen atoms in total. The summed E-state index contributed by atoms with van der Waals surface area (Å²) in [6, 6.07) is 9.08. The highest BCUT2D eigenvalue weighted by atomic mass is 19.1. The number of aryl methyl sites for hydroxylation is 4. The molecule has 4 N–H and O–H groups in total. The summed E-state index contributed by atoms with van der Waals surface area (Å²) < 4.78 is 19.0. The number of carboxylic acid groups (broad SMARTS) is 1. The van der Waals surface area contributed by atoms with Gasteiger partial charge in [0.05, 0.1) is 17.5 Å². The van der Waals surface area contributed by atoms with E-state index in [-0.39, 0.29) is 10.9 Å². The molecule has 0 radical (unpaired) electrons. The normalized spacial score (nSPS) is 13.9. The number of aromatic carboxylic acids is 1. The molecule has 6 rings (SSSR count). The summed E-state index contributed by atoms with van der Waals surface area (Å²) in [4.78, 5) is 42.3. The van der Waals surface area contributed by atoms with Crippen LogP contribution in [0.4, 0.5) is 27.5 Å². The first-order valence-corrected chi connectivity index (χ1v) is 16.6. The van der Waals surface area contributed by atoms with Crippen LogP contribution in [-0.2, 0) is 19.5 Å². The second kappa shape index (κ2) is 14.0. The lowest BCUT2D eigenvalue weighted by molar-refractivity contribution is 0.0695. The van der Waals surface area contributed by atoms with Gasteiger partial charge < -0.3 is 30.2 Å². The summed E-state index contributed by atoms with van der Waals surface area (Å²) in [5.74, 6) is -1.03. The molecule has 3 aromatic heterocycles. The van der Waals surface area contributed by atoms with Crippen molar-refractivity contribution in [1.82, 2.24) is 29.0 Å². The standard InChI is InChI=1S/C35H42FN9O3/c1-4-23-17-24(10-9-22(23)3)39-35-40-32(37)30-33(41-35)45(21-38-30)12-8-6-7-11-42-13-15-44(16-14-42)29-19-28-25(18-27(29)36)31(46)26(34(47)48)20-43(28)5-2/h9-10,17-21H,4-8,11-16H2,1-3H3,(H,47,48)(H3,37,39,40,41). The van der Waals surface area contributed by atoms with E-state index in [0.717, 1.165) is 57.5 Å². The molecule has 13 heteroatoms. The van der Waals surface area contributed by atoms with E-state index >= 15 is 4.39 Å². The molecule has 1 saturated heterocycles. The summed E-state index contributed by atoms with van der Waals surface area (Å²) >= 11 is 0. The number of nitrogens with zero attached hydrogens (tertiary/aromatic N) is 7. The molecule has 1 fully saturated rings. The minimum absolute atomic E-state index is 0.0844. The van der Waals surface area contributed by atoms with Crippen LogP contribution in [0.3, 0.4) is 0 Å².